The Labute approximate surface area is 145 Å². The summed E-state index contributed by atoms with van der Waals surface area (Å²) in [5.74, 6) is 1.10. The van der Waals surface area contributed by atoms with Crippen molar-refractivity contribution in [1.29, 1.82) is 0 Å². The summed E-state index contributed by atoms with van der Waals surface area (Å²) in [6.07, 6.45) is 2.46. The van der Waals surface area contributed by atoms with E-state index in [1.54, 1.807) is 30.9 Å². The smallest absolute Gasteiger partial charge is 0.282 e. The quantitative estimate of drug-likeness (QED) is 0.624. The molecule has 0 unspecified atom stereocenters. The molecule has 8 nitrogen and oxygen atoms in total. The van der Waals surface area contributed by atoms with Crippen molar-refractivity contribution in [1.82, 2.24) is 15.0 Å². The molecule has 2 aromatic rings. The maximum absolute atomic E-state index is 12.9. The zero-order valence-electron chi connectivity index (χ0n) is 14.3. The lowest BCUT2D eigenvalue weighted by Crippen LogP contribution is -2.41. The predicted octanol–water partition coefficient (Wildman–Crippen LogP) is 2.69. The van der Waals surface area contributed by atoms with Crippen LogP contribution in [0.4, 0.5) is 5.69 Å². The van der Waals surface area contributed by atoms with Gasteiger partial charge in [-0.1, -0.05) is 17.3 Å². The zero-order valence-corrected chi connectivity index (χ0v) is 14.3. The zero-order chi connectivity index (χ0) is 18.0. The van der Waals surface area contributed by atoms with E-state index in [9.17, 15) is 14.9 Å². The molecule has 8 heteroatoms. The number of piperidine rings is 1. The molecular formula is C17H20N4O4. The third kappa shape index (κ3) is 3.67. The van der Waals surface area contributed by atoms with Crippen LogP contribution in [0.3, 0.4) is 0 Å². The van der Waals surface area contributed by atoms with Gasteiger partial charge in [-0.15, -0.1) is 0 Å². The Kier molecular flexibility index (Phi) is 4.78. The van der Waals surface area contributed by atoms with Crippen LogP contribution in [0.15, 0.2) is 22.7 Å². The van der Waals surface area contributed by atoms with Crippen molar-refractivity contribution >= 4 is 11.6 Å². The fourth-order valence-corrected chi connectivity index (χ4v) is 3.34. The molecule has 0 aliphatic carbocycles. The Morgan fingerprint density at radius 3 is 2.92 bits per heavy atom. The van der Waals surface area contributed by atoms with Crippen molar-refractivity contribution in [3.05, 3.63) is 51.2 Å². The van der Waals surface area contributed by atoms with E-state index < -0.39 is 4.92 Å². The van der Waals surface area contributed by atoms with Crippen molar-refractivity contribution < 1.29 is 14.2 Å². The number of likely N-dealkylation sites (tertiary alicyclic amines) is 1. The van der Waals surface area contributed by atoms with Gasteiger partial charge in [0.15, 0.2) is 5.82 Å². The van der Waals surface area contributed by atoms with Crippen molar-refractivity contribution in [2.75, 3.05) is 13.1 Å². The van der Waals surface area contributed by atoms with Crippen LogP contribution in [0.1, 0.15) is 40.5 Å². The lowest BCUT2D eigenvalue weighted by molar-refractivity contribution is -0.385. The van der Waals surface area contributed by atoms with Crippen molar-refractivity contribution in [2.24, 2.45) is 5.92 Å². The second kappa shape index (κ2) is 7.00. The largest absolute Gasteiger partial charge is 0.340 e. The molecule has 1 aromatic carbocycles. The minimum absolute atomic E-state index is 0.138. The van der Waals surface area contributed by atoms with E-state index in [0.29, 0.717) is 36.8 Å². The van der Waals surface area contributed by atoms with E-state index in [1.807, 2.05) is 0 Å². The number of benzene rings is 1. The standard InChI is InChI=1S/C17H20N4O4/c1-11-5-3-7-14(21(23)24)16(11)17(22)20-8-4-6-13(10-20)9-15-18-12(2)25-19-15/h3,5,7,13H,4,6,8-10H2,1-2H3/t13-/m1/s1. The Balaban J connectivity index is 1.77. The number of nitro groups is 1. The minimum Gasteiger partial charge on any atom is -0.340 e. The highest BCUT2D eigenvalue weighted by atomic mass is 16.6. The molecule has 3 rings (SSSR count). The van der Waals surface area contributed by atoms with E-state index >= 15 is 0 Å². The van der Waals surface area contributed by atoms with Crippen LogP contribution in [0.25, 0.3) is 0 Å². The van der Waals surface area contributed by atoms with Crippen LogP contribution in [-0.4, -0.2) is 39.0 Å². The van der Waals surface area contributed by atoms with Gasteiger partial charge in [0, 0.05) is 32.5 Å². The molecule has 1 fully saturated rings. The van der Waals surface area contributed by atoms with Crippen LogP contribution in [0, 0.1) is 29.9 Å². The number of hydrogen-bond donors (Lipinski definition) is 0. The lowest BCUT2D eigenvalue weighted by Gasteiger charge is -2.32. The van der Waals surface area contributed by atoms with Crippen molar-refractivity contribution in [3.8, 4) is 0 Å². The molecule has 1 saturated heterocycles. The highest BCUT2D eigenvalue weighted by Crippen LogP contribution is 2.27. The van der Waals surface area contributed by atoms with Gasteiger partial charge in [0.1, 0.15) is 5.56 Å². The first-order valence-electron chi connectivity index (χ1n) is 8.28. The van der Waals surface area contributed by atoms with Crippen molar-refractivity contribution in [2.45, 2.75) is 33.1 Å². The van der Waals surface area contributed by atoms with Crippen LogP contribution in [0.2, 0.25) is 0 Å². The SMILES string of the molecule is Cc1nc(C[C@H]2CCCN(C(=O)c3c(C)cccc3[N+](=O)[O-])C2)no1. The summed E-state index contributed by atoms with van der Waals surface area (Å²) in [7, 11) is 0. The van der Waals surface area contributed by atoms with Gasteiger partial charge in [-0.05, 0) is 31.2 Å². The van der Waals surface area contributed by atoms with Gasteiger partial charge in [0.25, 0.3) is 11.6 Å². The lowest BCUT2D eigenvalue weighted by atomic mass is 9.93. The summed E-state index contributed by atoms with van der Waals surface area (Å²) in [5.41, 5.74) is 0.666. The summed E-state index contributed by atoms with van der Waals surface area (Å²) < 4.78 is 4.99. The minimum atomic E-state index is -0.496. The molecule has 1 atom stereocenters. The number of nitrogens with zero attached hydrogens (tertiary/aromatic N) is 4. The van der Waals surface area contributed by atoms with E-state index in [2.05, 4.69) is 10.1 Å². The predicted molar refractivity (Wildman–Crippen MR) is 89.2 cm³/mol. The normalized spacial score (nSPS) is 17.5. The third-order valence-corrected chi connectivity index (χ3v) is 4.51. The van der Waals surface area contributed by atoms with Crippen LogP contribution in [0.5, 0.6) is 0 Å². The molecule has 132 valence electrons. The van der Waals surface area contributed by atoms with Gasteiger partial charge >= 0.3 is 0 Å². The second-order valence-electron chi connectivity index (χ2n) is 6.42. The van der Waals surface area contributed by atoms with Gasteiger partial charge < -0.3 is 9.42 Å². The topological polar surface area (TPSA) is 102 Å². The molecular weight excluding hydrogens is 324 g/mol. The molecule has 1 aliphatic rings. The first kappa shape index (κ1) is 17.1. The molecule has 0 spiro atoms. The fraction of sp³-hybridized carbons (Fsp3) is 0.471. The third-order valence-electron chi connectivity index (χ3n) is 4.51. The summed E-state index contributed by atoms with van der Waals surface area (Å²) in [4.78, 5) is 29.6. The van der Waals surface area contributed by atoms with E-state index in [-0.39, 0.29) is 23.1 Å². The van der Waals surface area contributed by atoms with Crippen LogP contribution >= 0.6 is 0 Å². The van der Waals surface area contributed by atoms with Crippen molar-refractivity contribution in [3.63, 3.8) is 0 Å². The highest BCUT2D eigenvalue weighted by Gasteiger charge is 2.30. The van der Waals surface area contributed by atoms with E-state index in [0.717, 1.165) is 12.8 Å². The number of amides is 1. The van der Waals surface area contributed by atoms with Crippen LogP contribution in [-0.2, 0) is 6.42 Å². The summed E-state index contributed by atoms with van der Waals surface area (Å²) in [5, 5.41) is 15.2. The van der Waals surface area contributed by atoms with Gasteiger partial charge in [0.2, 0.25) is 5.89 Å². The summed E-state index contributed by atoms with van der Waals surface area (Å²) in [6.45, 7) is 4.61. The molecule has 0 saturated carbocycles. The van der Waals surface area contributed by atoms with Gasteiger partial charge in [-0.2, -0.15) is 4.98 Å². The average molecular weight is 344 g/mol. The van der Waals surface area contributed by atoms with Crippen LogP contribution < -0.4 is 0 Å². The highest BCUT2D eigenvalue weighted by molar-refractivity contribution is 5.99. The van der Waals surface area contributed by atoms with Gasteiger partial charge in [0.05, 0.1) is 4.92 Å². The summed E-state index contributed by atoms with van der Waals surface area (Å²) >= 11 is 0. The van der Waals surface area contributed by atoms with Gasteiger partial charge in [-0.25, -0.2) is 0 Å². The fourth-order valence-electron chi connectivity index (χ4n) is 3.34. The van der Waals surface area contributed by atoms with E-state index in [4.69, 9.17) is 4.52 Å². The number of hydrogen-bond acceptors (Lipinski definition) is 6. The molecule has 1 amide bonds. The Bertz CT molecular complexity index is 802. The number of carbonyl (C=O) groups excluding carboxylic acids is 1. The Hall–Kier alpha value is -2.77. The average Bonchev–Trinajstić information content (AvgIpc) is 2.99. The molecule has 1 aromatic heterocycles. The number of rotatable bonds is 4. The number of nitro benzene ring substituents is 1. The van der Waals surface area contributed by atoms with Gasteiger partial charge in [-0.3, -0.25) is 14.9 Å². The monoisotopic (exact) mass is 344 g/mol. The number of carbonyl (C=O) groups is 1. The maximum atomic E-state index is 12.9. The molecule has 25 heavy (non-hydrogen) atoms. The maximum Gasteiger partial charge on any atom is 0.282 e. The second-order valence-corrected chi connectivity index (χ2v) is 6.42. The molecule has 1 aliphatic heterocycles. The first-order valence-corrected chi connectivity index (χ1v) is 8.28. The first-order chi connectivity index (χ1) is 12.0. The molecule has 0 radical (unpaired) electrons. The Morgan fingerprint density at radius 2 is 2.24 bits per heavy atom. The van der Waals surface area contributed by atoms with E-state index in [1.165, 1.54) is 6.07 Å². The Morgan fingerprint density at radius 1 is 1.44 bits per heavy atom. The number of aromatic nitrogens is 2. The number of aryl methyl sites for hydroxylation is 2. The summed E-state index contributed by atoms with van der Waals surface area (Å²) in [6, 6.07) is 4.70. The molecule has 0 bridgehead atoms. The molecule has 2 heterocycles. The molecule has 0 N–H and O–H groups in total.